The van der Waals surface area contributed by atoms with Crippen LogP contribution in [0.5, 0.6) is 0 Å². The van der Waals surface area contributed by atoms with E-state index in [-0.39, 0.29) is 12.1 Å². The van der Waals surface area contributed by atoms with E-state index in [1.54, 1.807) is 23.5 Å². The van der Waals surface area contributed by atoms with E-state index in [9.17, 15) is 9.59 Å². The molecule has 2 atom stereocenters. The molecular formula is C11H20N2O3S2. The lowest BCUT2D eigenvalue weighted by molar-refractivity contribution is -0.141. The van der Waals surface area contributed by atoms with E-state index >= 15 is 0 Å². The Balaban J connectivity index is 2.59. The average Bonchev–Trinajstić information content (AvgIpc) is 2.38. The van der Waals surface area contributed by atoms with Crippen LogP contribution in [0.1, 0.15) is 13.3 Å². The summed E-state index contributed by atoms with van der Waals surface area (Å²) in [5.41, 5.74) is 0. The van der Waals surface area contributed by atoms with Crippen LogP contribution in [0, 0.1) is 0 Å². The zero-order chi connectivity index (χ0) is 13.5. The molecule has 0 aromatic rings. The van der Waals surface area contributed by atoms with Crippen LogP contribution in [0.15, 0.2) is 0 Å². The lowest BCUT2D eigenvalue weighted by atomic mass is 10.2. The normalized spacial score (nSPS) is 21.4. The van der Waals surface area contributed by atoms with Crippen LogP contribution in [-0.2, 0) is 4.79 Å². The van der Waals surface area contributed by atoms with Crippen LogP contribution in [0.4, 0.5) is 4.79 Å². The van der Waals surface area contributed by atoms with E-state index in [1.807, 2.05) is 13.2 Å². The molecule has 1 rings (SSSR count). The minimum Gasteiger partial charge on any atom is -0.480 e. The number of carboxylic acid groups (broad SMARTS) is 1. The van der Waals surface area contributed by atoms with E-state index < -0.39 is 12.0 Å². The largest absolute Gasteiger partial charge is 0.480 e. The van der Waals surface area contributed by atoms with Gasteiger partial charge in [-0.1, -0.05) is 6.92 Å². The molecule has 1 aliphatic heterocycles. The van der Waals surface area contributed by atoms with Gasteiger partial charge in [0.25, 0.3) is 0 Å². The summed E-state index contributed by atoms with van der Waals surface area (Å²) >= 11 is 3.26. The summed E-state index contributed by atoms with van der Waals surface area (Å²) in [6.45, 7) is 2.52. The molecule has 104 valence electrons. The van der Waals surface area contributed by atoms with Crippen LogP contribution in [0.2, 0.25) is 0 Å². The molecule has 0 bridgehead atoms. The van der Waals surface area contributed by atoms with Gasteiger partial charge < -0.3 is 15.3 Å². The zero-order valence-electron chi connectivity index (χ0n) is 10.7. The fourth-order valence-corrected chi connectivity index (χ4v) is 3.53. The first-order chi connectivity index (χ1) is 8.60. The van der Waals surface area contributed by atoms with Crippen LogP contribution >= 0.6 is 23.5 Å². The zero-order valence-corrected chi connectivity index (χ0v) is 12.4. The number of hydrogen-bond donors (Lipinski definition) is 2. The molecule has 0 aromatic carbocycles. The van der Waals surface area contributed by atoms with E-state index in [4.69, 9.17) is 5.11 Å². The van der Waals surface area contributed by atoms with Crippen molar-refractivity contribution < 1.29 is 14.7 Å². The smallest absolute Gasteiger partial charge is 0.327 e. The summed E-state index contributed by atoms with van der Waals surface area (Å²) in [5.74, 6) is 1.21. The van der Waals surface area contributed by atoms with E-state index in [1.165, 1.54) is 4.90 Å². The highest BCUT2D eigenvalue weighted by molar-refractivity contribution is 7.99. The molecule has 2 N–H and O–H groups in total. The molecule has 1 saturated heterocycles. The number of hydrogen-bond acceptors (Lipinski definition) is 4. The Bertz CT molecular complexity index is 302. The summed E-state index contributed by atoms with van der Waals surface area (Å²) in [5, 5.41) is 12.0. The van der Waals surface area contributed by atoms with Crippen molar-refractivity contribution in [2.75, 3.05) is 30.1 Å². The van der Waals surface area contributed by atoms with Crippen molar-refractivity contribution in [3.63, 3.8) is 0 Å². The van der Waals surface area contributed by atoms with Gasteiger partial charge in [-0.2, -0.15) is 23.5 Å². The Hall–Kier alpha value is -0.560. The second-order valence-electron chi connectivity index (χ2n) is 4.13. The first-order valence-corrected chi connectivity index (χ1v) is 8.51. The standard InChI is InChI=1S/C11H20N2O3S2/c1-3-8(6-17-2)12-11(16)13-4-5-18-7-9(13)10(14)15/h8-9H,3-7H2,1-2H3,(H,12,16)(H,14,15). The topological polar surface area (TPSA) is 69.6 Å². The first kappa shape index (κ1) is 15.5. The molecular weight excluding hydrogens is 272 g/mol. The van der Waals surface area contributed by atoms with Crippen LogP contribution in [-0.4, -0.2) is 64.1 Å². The third-order valence-corrected chi connectivity index (χ3v) is 4.62. The Morgan fingerprint density at radius 2 is 2.33 bits per heavy atom. The van der Waals surface area contributed by atoms with Crippen molar-refractivity contribution in [2.45, 2.75) is 25.4 Å². The predicted octanol–water partition coefficient (Wildman–Crippen LogP) is 1.34. The quantitative estimate of drug-likeness (QED) is 0.800. The fourth-order valence-electron chi connectivity index (χ4n) is 1.77. The highest BCUT2D eigenvalue weighted by Crippen LogP contribution is 2.17. The number of amides is 2. The molecule has 2 amide bonds. The molecule has 5 nitrogen and oxygen atoms in total. The van der Waals surface area contributed by atoms with Crippen LogP contribution < -0.4 is 5.32 Å². The van der Waals surface area contributed by atoms with Gasteiger partial charge in [0.2, 0.25) is 0 Å². The van der Waals surface area contributed by atoms with Gasteiger partial charge in [0.15, 0.2) is 0 Å². The number of carbonyl (C=O) groups excluding carboxylic acids is 1. The van der Waals surface area contributed by atoms with Crippen molar-refractivity contribution in [2.24, 2.45) is 0 Å². The Kier molecular flexibility index (Phi) is 6.70. The van der Waals surface area contributed by atoms with Crippen molar-refractivity contribution in [3.05, 3.63) is 0 Å². The van der Waals surface area contributed by atoms with Gasteiger partial charge >= 0.3 is 12.0 Å². The third-order valence-electron chi connectivity index (χ3n) is 2.86. The maximum Gasteiger partial charge on any atom is 0.327 e. The molecule has 18 heavy (non-hydrogen) atoms. The maximum absolute atomic E-state index is 12.1. The minimum atomic E-state index is -0.921. The summed E-state index contributed by atoms with van der Waals surface area (Å²) in [7, 11) is 0. The predicted molar refractivity (Wildman–Crippen MR) is 76.4 cm³/mol. The number of carbonyl (C=O) groups is 2. The van der Waals surface area contributed by atoms with E-state index in [0.29, 0.717) is 12.3 Å². The van der Waals surface area contributed by atoms with E-state index in [2.05, 4.69) is 5.32 Å². The number of aliphatic carboxylic acids is 1. The molecule has 1 heterocycles. The van der Waals surface area contributed by atoms with Crippen molar-refractivity contribution >= 4 is 35.5 Å². The van der Waals surface area contributed by atoms with Crippen molar-refractivity contribution in [1.82, 2.24) is 10.2 Å². The highest BCUT2D eigenvalue weighted by atomic mass is 32.2. The summed E-state index contributed by atoms with van der Waals surface area (Å²) in [6, 6.07) is -0.837. The van der Waals surface area contributed by atoms with Crippen LogP contribution in [0.3, 0.4) is 0 Å². The lowest BCUT2D eigenvalue weighted by Gasteiger charge is -2.33. The van der Waals surface area contributed by atoms with Gasteiger partial charge in [-0.3, -0.25) is 0 Å². The third kappa shape index (κ3) is 4.28. The molecule has 0 aromatic heterocycles. The lowest BCUT2D eigenvalue weighted by Crippen LogP contribution is -2.55. The summed E-state index contributed by atoms with van der Waals surface area (Å²) < 4.78 is 0. The van der Waals surface area contributed by atoms with Gasteiger partial charge in [0.05, 0.1) is 0 Å². The monoisotopic (exact) mass is 292 g/mol. The second-order valence-corrected chi connectivity index (χ2v) is 6.19. The highest BCUT2D eigenvalue weighted by Gasteiger charge is 2.32. The summed E-state index contributed by atoms with van der Waals surface area (Å²) in [4.78, 5) is 24.6. The summed E-state index contributed by atoms with van der Waals surface area (Å²) in [6.07, 6.45) is 2.85. The number of nitrogens with one attached hydrogen (secondary N) is 1. The number of carboxylic acids is 1. The van der Waals surface area contributed by atoms with Gasteiger partial charge in [0.1, 0.15) is 6.04 Å². The van der Waals surface area contributed by atoms with Crippen molar-refractivity contribution in [1.29, 1.82) is 0 Å². The molecule has 0 radical (unpaired) electrons. The Labute approximate surface area is 116 Å². The maximum atomic E-state index is 12.1. The molecule has 0 spiro atoms. The minimum absolute atomic E-state index is 0.108. The van der Waals surface area contributed by atoms with Crippen molar-refractivity contribution in [3.8, 4) is 0 Å². The average molecular weight is 292 g/mol. The molecule has 7 heteroatoms. The molecule has 1 fully saturated rings. The van der Waals surface area contributed by atoms with Gasteiger partial charge in [-0.25, -0.2) is 9.59 Å². The van der Waals surface area contributed by atoms with Crippen LogP contribution in [0.25, 0.3) is 0 Å². The Morgan fingerprint density at radius 3 is 2.89 bits per heavy atom. The van der Waals surface area contributed by atoms with Gasteiger partial charge in [-0.05, 0) is 12.7 Å². The number of rotatable bonds is 5. The second kappa shape index (κ2) is 7.78. The SMILES string of the molecule is CCC(CSC)NC(=O)N1CCSCC1C(=O)O. The van der Waals surface area contributed by atoms with Gasteiger partial charge in [0, 0.05) is 29.8 Å². The molecule has 1 aliphatic rings. The fraction of sp³-hybridized carbons (Fsp3) is 0.818. The molecule has 2 unspecified atom stereocenters. The molecule has 0 saturated carbocycles. The number of nitrogens with zero attached hydrogens (tertiary/aromatic N) is 1. The first-order valence-electron chi connectivity index (χ1n) is 5.96. The molecule has 0 aliphatic carbocycles. The Morgan fingerprint density at radius 1 is 1.61 bits per heavy atom. The number of thioether (sulfide) groups is 2. The van der Waals surface area contributed by atoms with Gasteiger partial charge in [-0.15, -0.1) is 0 Å². The van der Waals surface area contributed by atoms with E-state index in [0.717, 1.165) is 17.9 Å². The number of urea groups is 1.